The zero-order valence-corrected chi connectivity index (χ0v) is 11.2. The van der Waals surface area contributed by atoms with E-state index in [9.17, 15) is 10.2 Å². The monoisotopic (exact) mass is 238 g/mol. The second kappa shape index (κ2) is 7.41. The van der Waals surface area contributed by atoms with Crippen LogP contribution in [0.2, 0.25) is 0 Å². The Balaban J connectivity index is 2.19. The largest absolute Gasteiger partial charge is 0.512 e. The number of hydrogen-bond donors (Lipinski definition) is 2. The van der Waals surface area contributed by atoms with Gasteiger partial charge in [-0.05, 0) is 25.0 Å². The predicted molar refractivity (Wildman–Crippen MR) is 72.1 cm³/mol. The van der Waals surface area contributed by atoms with E-state index in [1.165, 1.54) is 32.1 Å². The van der Waals surface area contributed by atoms with Crippen molar-refractivity contribution >= 4 is 0 Å². The molecule has 0 aromatic rings. The van der Waals surface area contributed by atoms with Crippen LogP contribution in [-0.2, 0) is 0 Å². The zero-order valence-electron chi connectivity index (χ0n) is 11.2. The second-order valence-corrected chi connectivity index (χ2v) is 5.16. The Morgan fingerprint density at radius 2 is 1.76 bits per heavy atom. The van der Waals surface area contributed by atoms with Crippen LogP contribution in [0.4, 0.5) is 0 Å². The van der Waals surface area contributed by atoms with E-state index < -0.39 is 0 Å². The molecule has 98 valence electrons. The van der Waals surface area contributed by atoms with Crippen LogP contribution in [0.1, 0.15) is 65.2 Å². The minimum absolute atomic E-state index is 0.143. The summed E-state index contributed by atoms with van der Waals surface area (Å²) in [7, 11) is 0. The molecule has 2 nitrogen and oxygen atoms in total. The molecule has 1 rings (SSSR count). The topological polar surface area (TPSA) is 40.5 Å². The van der Waals surface area contributed by atoms with Crippen LogP contribution in [0.15, 0.2) is 23.2 Å². The van der Waals surface area contributed by atoms with Crippen molar-refractivity contribution in [1.29, 1.82) is 0 Å². The summed E-state index contributed by atoms with van der Waals surface area (Å²) in [5.74, 6) is 1.04. The summed E-state index contributed by atoms with van der Waals surface area (Å²) in [5.41, 5.74) is 0.807. The van der Waals surface area contributed by atoms with E-state index in [2.05, 4.69) is 6.92 Å². The van der Waals surface area contributed by atoms with E-state index in [0.29, 0.717) is 17.9 Å². The third-order valence-electron chi connectivity index (χ3n) is 3.58. The molecule has 2 heteroatoms. The van der Waals surface area contributed by atoms with Crippen molar-refractivity contribution in [3.8, 4) is 0 Å². The third kappa shape index (κ3) is 4.84. The van der Waals surface area contributed by atoms with Crippen LogP contribution in [-0.4, -0.2) is 10.2 Å². The van der Waals surface area contributed by atoms with E-state index in [1.807, 2.05) is 6.92 Å². The fourth-order valence-corrected chi connectivity index (χ4v) is 2.34. The molecule has 0 heterocycles. The van der Waals surface area contributed by atoms with Gasteiger partial charge in [0.05, 0.1) is 11.5 Å². The number of rotatable bonds is 7. The van der Waals surface area contributed by atoms with Gasteiger partial charge in [-0.15, -0.1) is 0 Å². The van der Waals surface area contributed by atoms with Crippen LogP contribution in [0.5, 0.6) is 0 Å². The van der Waals surface area contributed by atoms with Crippen molar-refractivity contribution in [2.75, 3.05) is 0 Å². The molecule has 17 heavy (non-hydrogen) atoms. The van der Waals surface area contributed by atoms with E-state index in [4.69, 9.17) is 0 Å². The minimum Gasteiger partial charge on any atom is -0.512 e. The number of allylic oxidation sites excluding steroid dienone is 4. The van der Waals surface area contributed by atoms with Crippen LogP contribution in [0.3, 0.4) is 0 Å². The van der Waals surface area contributed by atoms with E-state index in [0.717, 1.165) is 18.4 Å². The van der Waals surface area contributed by atoms with Crippen LogP contribution in [0.25, 0.3) is 0 Å². The summed E-state index contributed by atoms with van der Waals surface area (Å²) in [6, 6.07) is 0. The highest BCUT2D eigenvalue weighted by atomic mass is 16.3. The lowest BCUT2D eigenvalue weighted by atomic mass is 9.89. The molecule has 0 spiro atoms. The van der Waals surface area contributed by atoms with E-state index in [-0.39, 0.29) is 5.92 Å². The summed E-state index contributed by atoms with van der Waals surface area (Å²) in [5, 5.41) is 19.5. The van der Waals surface area contributed by atoms with Crippen LogP contribution in [0, 0.1) is 5.92 Å². The Kier molecular flexibility index (Phi) is 6.17. The average molecular weight is 238 g/mol. The molecule has 0 amide bonds. The normalized spacial score (nSPS) is 20.6. The molecule has 0 saturated carbocycles. The Labute approximate surface area is 105 Å². The third-order valence-corrected chi connectivity index (χ3v) is 3.58. The standard InChI is InChI=1S/C15H26O2/c1-3-4-5-6-7-8-9-13-11-14(16)12(2)10-15(13)17/h10,13,16-17H,3-9,11H2,1-2H3. The van der Waals surface area contributed by atoms with Gasteiger partial charge >= 0.3 is 0 Å². The molecular formula is C15H26O2. The van der Waals surface area contributed by atoms with Gasteiger partial charge in [0.15, 0.2) is 0 Å². The highest BCUT2D eigenvalue weighted by Crippen LogP contribution is 2.30. The zero-order chi connectivity index (χ0) is 12.7. The summed E-state index contributed by atoms with van der Waals surface area (Å²) in [4.78, 5) is 0. The van der Waals surface area contributed by atoms with Gasteiger partial charge < -0.3 is 10.2 Å². The molecule has 0 aromatic heterocycles. The van der Waals surface area contributed by atoms with Crippen molar-refractivity contribution in [2.45, 2.75) is 65.2 Å². The fourth-order valence-electron chi connectivity index (χ4n) is 2.34. The minimum atomic E-state index is 0.143. The summed E-state index contributed by atoms with van der Waals surface area (Å²) in [6.45, 7) is 4.06. The number of aliphatic hydroxyl groups is 2. The molecule has 0 saturated heterocycles. The lowest BCUT2D eigenvalue weighted by Gasteiger charge is -2.20. The van der Waals surface area contributed by atoms with E-state index >= 15 is 0 Å². The molecule has 1 aliphatic rings. The summed E-state index contributed by atoms with van der Waals surface area (Å²) < 4.78 is 0. The molecule has 1 aliphatic carbocycles. The van der Waals surface area contributed by atoms with Gasteiger partial charge in [0.25, 0.3) is 0 Å². The van der Waals surface area contributed by atoms with Gasteiger partial charge in [-0.2, -0.15) is 0 Å². The van der Waals surface area contributed by atoms with Gasteiger partial charge in [0.1, 0.15) is 0 Å². The molecule has 1 atom stereocenters. The SMILES string of the molecule is CCCCCCCCC1CC(O)=C(C)C=C1O. The first-order chi connectivity index (χ1) is 8.15. The number of hydrogen-bond acceptors (Lipinski definition) is 2. The van der Waals surface area contributed by atoms with Gasteiger partial charge in [-0.1, -0.05) is 45.4 Å². The maximum atomic E-state index is 9.81. The summed E-state index contributed by atoms with van der Waals surface area (Å²) in [6.07, 6.45) is 10.9. The Bertz CT molecular complexity index is 289. The van der Waals surface area contributed by atoms with Crippen molar-refractivity contribution in [3.63, 3.8) is 0 Å². The number of unbranched alkanes of at least 4 members (excludes halogenated alkanes) is 5. The molecule has 1 unspecified atom stereocenters. The van der Waals surface area contributed by atoms with Gasteiger partial charge in [0, 0.05) is 12.3 Å². The molecule has 0 fully saturated rings. The fraction of sp³-hybridized carbons (Fsp3) is 0.733. The maximum Gasteiger partial charge on any atom is 0.0961 e. The van der Waals surface area contributed by atoms with Gasteiger partial charge in [-0.25, -0.2) is 0 Å². The first-order valence-corrected chi connectivity index (χ1v) is 6.94. The first kappa shape index (κ1) is 14.1. The summed E-state index contributed by atoms with van der Waals surface area (Å²) >= 11 is 0. The maximum absolute atomic E-state index is 9.81. The van der Waals surface area contributed by atoms with Crippen LogP contribution >= 0.6 is 0 Å². The highest BCUT2D eigenvalue weighted by Gasteiger charge is 2.20. The first-order valence-electron chi connectivity index (χ1n) is 6.94. The van der Waals surface area contributed by atoms with E-state index in [1.54, 1.807) is 6.08 Å². The van der Waals surface area contributed by atoms with Crippen molar-refractivity contribution in [1.82, 2.24) is 0 Å². The van der Waals surface area contributed by atoms with Gasteiger partial charge in [-0.3, -0.25) is 0 Å². The van der Waals surface area contributed by atoms with Crippen molar-refractivity contribution < 1.29 is 10.2 Å². The Hall–Kier alpha value is -0.920. The van der Waals surface area contributed by atoms with Crippen molar-refractivity contribution in [3.05, 3.63) is 23.2 Å². The number of aliphatic hydroxyl groups excluding tert-OH is 2. The average Bonchev–Trinajstić information content (AvgIpc) is 2.30. The smallest absolute Gasteiger partial charge is 0.0961 e. The van der Waals surface area contributed by atoms with Gasteiger partial charge in [0.2, 0.25) is 0 Å². The molecule has 0 aromatic carbocycles. The molecule has 0 bridgehead atoms. The molecule has 0 radical (unpaired) electrons. The lowest BCUT2D eigenvalue weighted by Crippen LogP contribution is -2.11. The Morgan fingerprint density at radius 1 is 1.12 bits per heavy atom. The second-order valence-electron chi connectivity index (χ2n) is 5.16. The van der Waals surface area contributed by atoms with Crippen molar-refractivity contribution in [2.24, 2.45) is 5.92 Å². The lowest BCUT2D eigenvalue weighted by molar-refractivity contribution is 0.269. The molecule has 2 N–H and O–H groups in total. The Morgan fingerprint density at radius 3 is 2.47 bits per heavy atom. The molecule has 0 aliphatic heterocycles. The quantitative estimate of drug-likeness (QED) is 0.611. The highest BCUT2D eigenvalue weighted by molar-refractivity contribution is 5.27. The predicted octanol–water partition coefficient (Wildman–Crippen LogP) is 5.03. The van der Waals surface area contributed by atoms with Crippen LogP contribution < -0.4 is 0 Å². The molecular weight excluding hydrogens is 212 g/mol.